The van der Waals surface area contributed by atoms with E-state index < -0.39 is 24.1 Å². The quantitative estimate of drug-likeness (QED) is 0.281. The topological polar surface area (TPSA) is 99.5 Å². The van der Waals surface area contributed by atoms with Crippen LogP contribution in [0, 0.1) is 19.3 Å². The Morgan fingerprint density at radius 3 is 2.32 bits per heavy atom. The number of benzene rings is 2. The van der Waals surface area contributed by atoms with Crippen LogP contribution in [0.4, 0.5) is 11.4 Å². The predicted molar refractivity (Wildman–Crippen MR) is 110 cm³/mol. The molecule has 0 bridgehead atoms. The summed E-state index contributed by atoms with van der Waals surface area (Å²) in [5.74, 6) is -1.54. The van der Waals surface area contributed by atoms with Gasteiger partial charge in [0.2, 0.25) is 0 Å². The molecule has 0 saturated heterocycles. The second-order valence-corrected chi connectivity index (χ2v) is 6.50. The Kier molecular flexibility index (Phi) is 6.71. The predicted octanol–water partition coefficient (Wildman–Crippen LogP) is 4.64. The van der Waals surface area contributed by atoms with E-state index in [0.29, 0.717) is 11.3 Å². The van der Waals surface area contributed by atoms with Crippen molar-refractivity contribution in [3.05, 3.63) is 70.5 Å². The highest BCUT2D eigenvalue weighted by atomic mass is 16.5. The van der Waals surface area contributed by atoms with Gasteiger partial charge in [-0.25, -0.2) is 4.79 Å². The molecule has 6 heteroatoms. The van der Waals surface area contributed by atoms with Crippen molar-refractivity contribution in [3.8, 4) is 0 Å². The summed E-state index contributed by atoms with van der Waals surface area (Å²) in [6, 6.07) is 12.7. The lowest BCUT2D eigenvalue weighted by Gasteiger charge is -2.15. The molecular weight excluding hydrogens is 356 g/mol. The minimum absolute atomic E-state index is 0.0851. The normalized spacial score (nSPS) is 11.4. The number of hydrogen-bond donors (Lipinski definition) is 3. The number of aryl methyl sites for hydroxylation is 1. The SMILES string of the molecule is CC(=N)/C(C(C)=O)=C(/O)COC(=O)c1ccccc1Nc1cccc(C)c1C. The van der Waals surface area contributed by atoms with Gasteiger partial charge in [0.25, 0.3) is 0 Å². The molecular formula is C22H24N2O4. The number of anilines is 2. The first kappa shape index (κ1) is 20.9. The summed E-state index contributed by atoms with van der Waals surface area (Å²) in [7, 11) is 0. The molecule has 146 valence electrons. The minimum atomic E-state index is -0.648. The number of rotatable bonds is 7. The van der Waals surface area contributed by atoms with Crippen molar-refractivity contribution in [1.82, 2.24) is 0 Å². The van der Waals surface area contributed by atoms with Gasteiger partial charge in [0.1, 0.15) is 12.4 Å². The van der Waals surface area contributed by atoms with Crippen molar-refractivity contribution >= 4 is 28.8 Å². The molecule has 0 spiro atoms. The maximum Gasteiger partial charge on any atom is 0.340 e. The molecule has 0 heterocycles. The number of Topliss-reactive ketones (excluding diaryl/α,β-unsaturated/α-hetero) is 1. The average Bonchev–Trinajstić information content (AvgIpc) is 2.63. The van der Waals surface area contributed by atoms with Crippen molar-refractivity contribution in [3.63, 3.8) is 0 Å². The molecule has 0 aromatic heterocycles. The molecule has 2 aromatic carbocycles. The van der Waals surface area contributed by atoms with E-state index in [1.165, 1.54) is 13.8 Å². The maximum atomic E-state index is 12.5. The summed E-state index contributed by atoms with van der Waals surface area (Å²) in [6.07, 6.45) is 0. The highest BCUT2D eigenvalue weighted by Gasteiger charge is 2.17. The van der Waals surface area contributed by atoms with Crippen molar-refractivity contribution in [1.29, 1.82) is 5.41 Å². The molecule has 3 N–H and O–H groups in total. The highest BCUT2D eigenvalue weighted by Crippen LogP contribution is 2.25. The number of nitrogens with one attached hydrogen (secondary N) is 2. The van der Waals surface area contributed by atoms with Crippen LogP contribution in [0.1, 0.15) is 35.3 Å². The van der Waals surface area contributed by atoms with Gasteiger partial charge in [-0.2, -0.15) is 0 Å². The van der Waals surface area contributed by atoms with Gasteiger partial charge >= 0.3 is 5.97 Å². The third kappa shape index (κ3) is 4.85. The Balaban J connectivity index is 2.23. The second kappa shape index (κ2) is 8.99. The fourth-order valence-electron chi connectivity index (χ4n) is 2.77. The molecule has 0 fully saturated rings. The Labute approximate surface area is 164 Å². The first-order valence-electron chi connectivity index (χ1n) is 8.80. The fourth-order valence-corrected chi connectivity index (χ4v) is 2.77. The van der Waals surface area contributed by atoms with Crippen LogP contribution < -0.4 is 5.32 Å². The van der Waals surface area contributed by atoms with E-state index >= 15 is 0 Å². The number of aliphatic hydroxyl groups is 1. The van der Waals surface area contributed by atoms with Gasteiger partial charge in [-0.05, 0) is 57.0 Å². The zero-order valence-electron chi connectivity index (χ0n) is 16.4. The second-order valence-electron chi connectivity index (χ2n) is 6.50. The van der Waals surface area contributed by atoms with Crippen LogP contribution in [-0.4, -0.2) is 29.2 Å². The Bertz CT molecular complexity index is 945. The maximum absolute atomic E-state index is 12.5. The van der Waals surface area contributed by atoms with Crippen LogP contribution in [-0.2, 0) is 9.53 Å². The monoisotopic (exact) mass is 380 g/mol. The molecule has 0 aliphatic rings. The van der Waals surface area contributed by atoms with Crippen LogP contribution >= 0.6 is 0 Å². The van der Waals surface area contributed by atoms with E-state index in [0.717, 1.165) is 16.8 Å². The molecule has 2 aromatic rings. The first-order valence-corrected chi connectivity index (χ1v) is 8.80. The number of para-hydroxylation sites is 1. The van der Waals surface area contributed by atoms with Crippen molar-refractivity contribution < 1.29 is 19.4 Å². The summed E-state index contributed by atoms with van der Waals surface area (Å²) in [4.78, 5) is 24.1. The molecule has 0 atom stereocenters. The van der Waals surface area contributed by atoms with E-state index in [9.17, 15) is 14.7 Å². The number of carbonyl (C=O) groups is 2. The number of carbonyl (C=O) groups excluding carboxylic acids is 2. The van der Waals surface area contributed by atoms with Crippen molar-refractivity contribution in [2.75, 3.05) is 11.9 Å². The van der Waals surface area contributed by atoms with Gasteiger partial charge in [0.05, 0.1) is 16.8 Å². The van der Waals surface area contributed by atoms with E-state index in [1.54, 1.807) is 24.3 Å². The lowest BCUT2D eigenvalue weighted by molar-refractivity contribution is -0.113. The molecule has 2 rings (SSSR count). The van der Waals surface area contributed by atoms with E-state index in [4.69, 9.17) is 10.1 Å². The molecule has 0 unspecified atom stereocenters. The summed E-state index contributed by atoms with van der Waals surface area (Å²) in [6.45, 7) is 6.15. The third-order valence-electron chi connectivity index (χ3n) is 4.38. The highest BCUT2D eigenvalue weighted by molar-refractivity contribution is 6.20. The Morgan fingerprint density at radius 1 is 1.04 bits per heavy atom. The number of hydrogen-bond acceptors (Lipinski definition) is 6. The third-order valence-corrected chi connectivity index (χ3v) is 4.38. The van der Waals surface area contributed by atoms with Gasteiger partial charge in [-0.1, -0.05) is 24.3 Å². The molecule has 0 amide bonds. The molecule has 0 aliphatic heterocycles. The molecule has 0 saturated carbocycles. The summed E-state index contributed by atoms with van der Waals surface area (Å²) in [5, 5.41) is 20.9. The lowest BCUT2D eigenvalue weighted by Crippen LogP contribution is -2.15. The minimum Gasteiger partial charge on any atom is -0.508 e. The van der Waals surface area contributed by atoms with Crippen LogP contribution in [0.2, 0.25) is 0 Å². The number of aliphatic hydroxyl groups excluding tert-OH is 1. The molecule has 28 heavy (non-hydrogen) atoms. The summed E-state index contributed by atoms with van der Waals surface area (Å²) in [5.41, 5.74) is 3.71. The molecule has 0 radical (unpaired) electrons. The number of ether oxygens (including phenoxy) is 1. The van der Waals surface area contributed by atoms with Gasteiger partial charge in [-0.3, -0.25) is 4.79 Å². The van der Waals surface area contributed by atoms with Gasteiger partial charge in [0, 0.05) is 11.4 Å². The standard InChI is InChI=1S/C22H24N2O4/c1-13-8-7-11-18(14(13)2)24-19-10-6-5-9-17(19)22(27)28-12-20(26)21(15(3)23)16(4)25/h5-11,23-24,26H,12H2,1-4H3/b21-20-,23-15?. The number of ketones is 1. The van der Waals surface area contributed by atoms with Gasteiger partial charge in [0.15, 0.2) is 5.78 Å². The average molecular weight is 380 g/mol. The van der Waals surface area contributed by atoms with Gasteiger partial charge in [-0.15, -0.1) is 0 Å². The number of allylic oxidation sites excluding steroid dienone is 1. The smallest absolute Gasteiger partial charge is 0.340 e. The first-order chi connectivity index (χ1) is 13.2. The van der Waals surface area contributed by atoms with Crippen LogP contribution in [0.25, 0.3) is 0 Å². The Morgan fingerprint density at radius 2 is 1.68 bits per heavy atom. The largest absolute Gasteiger partial charge is 0.508 e. The van der Waals surface area contributed by atoms with Crippen molar-refractivity contribution in [2.45, 2.75) is 27.7 Å². The zero-order chi connectivity index (χ0) is 20.8. The van der Waals surface area contributed by atoms with Crippen LogP contribution in [0.15, 0.2) is 53.8 Å². The summed E-state index contributed by atoms with van der Waals surface area (Å²) >= 11 is 0. The van der Waals surface area contributed by atoms with Crippen molar-refractivity contribution in [2.24, 2.45) is 0 Å². The van der Waals surface area contributed by atoms with E-state index in [1.807, 2.05) is 32.0 Å². The van der Waals surface area contributed by atoms with Crippen LogP contribution in [0.5, 0.6) is 0 Å². The zero-order valence-corrected chi connectivity index (χ0v) is 16.4. The van der Waals surface area contributed by atoms with E-state index in [-0.39, 0.29) is 11.3 Å². The number of esters is 1. The fraction of sp³-hybridized carbons (Fsp3) is 0.227. The Hall–Kier alpha value is -3.41. The van der Waals surface area contributed by atoms with E-state index in [2.05, 4.69) is 5.32 Å². The molecule has 6 nitrogen and oxygen atoms in total. The van der Waals surface area contributed by atoms with Gasteiger partial charge < -0.3 is 20.6 Å². The summed E-state index contributed by atoms with van der Waals surface area (Å²) < 4.78 is 5.17. The van der Waals surface area contributed by atoms with Crippen LogP contribution in [0.3, 0.4) is 0 Å². The lowest BCUT2D eigenvalue weighted by atomic mass is 10.1. The molecule has 0 aliphatic carbocycles.